The Morgan fingerprint density at radius 3 is 2.63 bits per heavy atom. The number of carbonyl (C=O) groups excluding carboxylic acids is 2. The number of ketones is 1. The van der Waals surface area contributed by atoms with Gasteiger partial charge in [-0.05, 0) is 87.3 Å². The molecule has 27 heavy (non-hydrogen) atoms. The van der Waals surface area contributed by atoms with Crippen LogP contribution in [0.1, 0.15) is 46.0 Å². The molecule has 5 nitrogen and oxygen atoms in total. The van der Waals surface area contributed by atoms with Crippen molar-refractivity contribution in [2.75, 3.05) is 32.7 Å². The number of amides is 1. The van der Waals surface area contributed by atoms with E-state index in [-0.39, 0.29) is 11.7 Å². The number of likely N-dealkylation sites (tertiary alicyclic amines) is 2. The first-order valence-electron chi connectivity index (χ1n) is 10.8. The molecule has 0 aromatic heterocycles. The molecule has 5 atom stereocenters. The van der Waals surface area contributed by atoms with E-state index in [0.29, 0.717) is 35.8 Å². The van der Waals surface area contributed by atoms with Crippen molar-refractivity contribution >= 4 is 11.7 Å². The Bertz CT molecular complexity index is 629. The summed E-state index contributed by atoms with van der Waals surface area (Å²) in [6.07, 6.45) is 10.3. The van der Waals surface area contributed by atoms with Gasteiger partial charge < -0.3 is 5.73 Å². The lowest BCUT2D eigenvalue weighted by Crippen LogP contribution is -2.67. The Hall–Kier alpha value is -1.20. The topological polar surface area (TPSA) is 66.6 Å². The Morgan fingerprint density at radius 1 is 1.22 bits per heavy atom. The van der Waals surface area contributed by atoms with E-state index in [4.69, 9.17) is 5.73 Å². The van der Waals surface area contributed by atoms with Gasteiger partial charge in [0.05, 0.1) is 6.54 Å². The summed E-state index contributed by atoms with van der Waals surface area (Å²) in [5.74, 6) is 2.53. The minimum absolute atomic E-state index is 0.151. The average molecular weight is 374 g/mol. The molecule has 2 N–H and O–H groups in total. The molecule has 5 heteroatoms. The van der Waals surface area contributed by atoms with Crippen LogP contribution in [0.3, 0.4) is 0 Å². The Balaban J connectivity index is 1.60. The number of allylic oxidation sites excluding steroid dienone is 2. The maximum Gasteiger partial charge on any atom is 0.231 e. The van der Waals surface area contributed by atoms with Gasteiger partial charge in [0.1, 0.15) is 0 Å². The molecule has 0 radical (unpaired) electrons. The first-order valence-corrected chi connectivity index (χ1v) is 10.8. The van der Waals surface area contributed by atoms with Gasteiger partial charge in [0.2, 0.25) is 5.91 Å². The van der Waals surface area contributed by atoms with Crippen LogP contribution in [0, 0.1) is 29.1 Å². The number of carbonyl (C=O) groups is 2. The molecule has 150 valence electrons. The lowest BCUT2D eigenvalue weighted by molar-refractivity contribution is -0.147. The van der Waals surface area contributed by atoms with Crippen molar-refractivity contribution in [1.29, 1.82) is 0 Å². The van der Waals surface area contributed by atoms with E-state index in [1.807, 2.05) is 0 Å². The third kappa shape index (κ3) is 3.73. The number of primary amides is 1. The normalized spacial score (nSPS) is 40.1. The molecular formula is C22H35N3O2. The summed E-state index contributed by atoms with van der Waals surface area (Å²) in [5, 5.41) is 0. The van der Waals surface area contributed by atoms with Crippen LogP contribution in [-0.2, 0) is 9.59 Å². The molecular weight excluding hydrogens is 338 g/mol. The zero-order valence-corrected chi connectivity index (χ0v) is 16.9. The minimum Gasteiger partial charge on any atom is -0.369 e. The highest BCUT2D eigenvalue weighted by molar-refractivity contribution is 5.87. The van der Waals surface area contributed by atoms with Gasteiger partial charge in [-0.25, -0.2) is 0 Å². The van der Waals surface area contributed by atoms with Crippen molar-refractivity contribution in [1.82, 2.24) is 9.80 Å². The van der Waals surface area contributed by atoms with Gasteiger partial charge in [-0.1, -0.05) is 13.0 Å². The number of hydrogen-bond acceptors (Lipinski definition) is 4. The van der Waals surface area contributed by atoms with Gasteiger partial charge in [-0.3, -0.25) is 19.4 Å². The van der Waals surface area contributed by atoms with Crippen LogP contribution in [-0.4, -0.2) is 60.3 Å². The summed E-state index contributed by atoms with van der Waals surface area (Å²) < 4.78 is 0. The summed E-state index contributed by atoms with van der Waals surface area (Å²) in [7, 11) is 0. The summed E-state index contributed by atoms with van der Waals surface area (Å²) in [6.45, 7) is 8.90. The van der Waals surface area contributed by atoms with Crippen molar-refractivity contribution in [3.63, 3.8) is 0 Å². The SMILES string of the molecule is CC(=O)/C=C\C1CC2C3CN(CC(N)=O)CCC3(CCN2CC2CC2)C1C. The van der Waals surface area contributed by atoms with Crippen LogP contribution >= 0.6 is 0 Å². The molecule has 5 unspecified atom stereocenters. The van der Waals surface area contributed by atoms with E-state index in [9.17, 15) is 9.59 Å². The first kappa shape index (κ1) is 19.1. The quantitative estimate of drug-likeness (QED) is 0.724. The van der Waals surface area contributed by atoms with Crippen LogP contribution in [0.15, 0.2) is 12.2 Å². The fraction of sp³-hybridized carbons (Fsp3) is 0.818. The van der Waals surface area contributed by atoms with Gasteiger partial charge >= 0.3 is 0 Å². The number of nitrogens with two attached hydrogens (primary N) is 1. The molecule has 0 spiro atoms. The molecule has 4 rings (SSSR count). The van der Waals surface area contributed by atoms with Crippen LogP contribution in [0.5, 0.6) is 0 Å². The average Bonchev–Trinajstić information content (AvgIpc) is 3.42. The number of hydrogen-bond donors (Lipinski definition) is 1. The Kier molecular flexibility index (Phi) is 5.19. The summed E-state index contributed by atoms with van der Waals surface area (Å²) in [5.41, 5.74) is 5.84. The zero-order chi connectivity index (χ0) is 19.2. The first-order chi connectivity index (χ1) is 12.9. The van der Waals surface area contributed by atoms with Gasteiger partial charge in [0.25, 0.3) is 0 Å². The molecule has 2 saturated heterocycles. The van der Waals surface area contributed by atoms with Crippen LogP contribution in [0.25, 0.3) is 0 Å². The molecule has 0 aromatic carbocycles. The number of piperidine rings is 2. The molecule has 4 aliphatic rings. The number of rotatable bonds is 6. The highest BCUT2D eigenvalue weighted by Gasteiger charge is 2.58. The standard InChI is InChI=1S/C22H35N3O2/c1-15(26)3-6-18-11-20-19-13-24(14-21(23)27)9-7-22(19,16(18)2)8-10-25(20)12-17-4-5-17/h3,6,16-20H,4-5,7-14H2,1-2H3,(H2,23,27)/b6-3-. The van der Waals surface area contributed by atoms with Crippen molar-refractivity contribution < 1.29 is 9.59 Å². The molecule has 2 heterocycles. The van der Waals surface area contributed by atoms with Crippen LogP contribution in [0.2, 0.25) is 0 Å². The minimum atomic E-state index is -0.211. The monoisotopic (exact) mass is 373 g/mol. The molecule has 4 fully saturated rings. The van der Waals surface area contributed by atoms with E-state index in [1.54, 1.807) is 13.0 Å². The molecule has 2 aliphatic heterocycles. The maximum absolute atomic E-state index is 11.5. The van der Waals surface area contributed by atoms with Crippen molar-refractivity contribution in [3.8, 4) is 0 Å². The molecule has 2 bridgehead atoms. The van der Waals surface area contributed by atoms with E-state index in [1.165, 1.54) is 32.4 Å². The van der Waals surface area contributed by atoms with Crippen LogP contribution in [0.4, 0.5) is 0 Å². The third-order valence-electron chi connectivity index (χ3n) is 8.09. The second-order valence-electron chi connectivity index (χ2n) is 9.70. The van der Waals surface area contributed by atoms with E-state index in [2.05, 4.69) is 22.8 Å². The molecule has 1 amide bonds. The summed E-state index contributed by atoms with van der Waals surface area (Å²) in [4.78, 5) is 28.1. The third-order valence-corrected chi connectivity index (χ3v) is 8.09. The van der Waals surface area contributed by atoms with Gasteiger partial charge in [0, 0.05) is 19.1 Å². The fourth-order valence-corrected chi connectivity index (χ4v) is 6.43. The van der Waals surface area contributed by atoms with E-state index < -0.39 is 0 Å². The summed E-state index contributed by atoms with van der Waals surface area (Å²) in [6, 6.07) is 0.577. The van der Waals surface area contributed by atoms with Crippen molar-refractivity contribution in [3.05, 3.63) is 12.2 Å². The lowest BCUT2D eigenvalue weighted by atomic mass is 9.49. The van der Waals surface area contributed by atoms with Crippen molar-refractivity contribution in [2.24, 2.45) is 34.8 Å². The lowest BCUT2D eigenvalue weighted by Gasteiger charge is -2.64. The highest BCUT2D eigenvalue weighted by atomic mass is 16.1. The predicted molar refractivity (Wildman–Crippen MR) is 106 cm³/mol. The highest BCUT2D eigenvalue weighted by Crippen LogP contribution is 2.58. The van der Waals surface area contributed by atoms with Gasteiger partial charge in [0.15, 0.2) is 5.78 Å². The fourth-order valence-electron chi connectivity index (χ4n) is 6.43. The second kappa shape index (κ2) is 7.32. The predicted octanol–water partition coefficient (Wildman–Crippen LogP) is 2.07. The smallest absolute Gasteiger partial charge is 0.231 e. The van der Waals surface area contributed by atoms with Crippen LogP contribution < -0.4 is 5.73 Å². The number of nitrogens with zero attached hydrogens (tertiary/aromatic N) is 2. The molecule has 2 saturated carbocycles. The van der Waals surface area contributed by atoms with Gasteiger partial charge in [-0.2, -0.15) is 0 Å². The van der Waals surface area contributed by atoms with E-state index in [0.717, 1.165) is 31.8 Å². The van der Waals surface area contributed by atoms with E-state index >= 15 is 0 Å². The second-order valence-corrected chi connectivity index (χ2v) is 9.70. The Morgan fingerprint density at radius 2 is 1.96 bits per heavy atom. The largest absolute Gasteiger partial charge is 0.369 e. The zero-order valence-electron chi connectivity index (χ0n) is 16.9. The molecule has 0 aromatic rings. The molecule has 2 aliphatic carbocycles. The van der Waals surface area contributed by atoms with Crippen molar-refractivity contribution in [2.45, 2.75) is 52.0 Å². The summed E-state index contributed by atoms with van der Waals surface area (Å²) >= 11 is 0. The Labute approximate surface area is 163 Å². The maximum atomic E-state index is 11.5. The van der Waals surface area contributed by atoms with Gasteiger partial charge in [-0.15, -0.1) is 0 Å².